The summed E-state index contributed by atoms with van der Waals surface area (Å²) in [5.74, 6) is -0.143. The normalized spacial score (nSPS) is 18.0. The number of hydrogen-bond acceptors (Lipinski definition) is 5. The maximum atomic E-state index is 12.2. The van der Waals surface area contributed by atoms with E-state index in [2.05, 4.69) is 34.1 Å². The summed E-state index contributed by atoms with van der Waals surface area (Å²) in [7, 11) is 3.54. The molecular weight excluding hydrogens is 306 g/mol. The summed E-state index contributed by atoms with van der Waals surface area (Å²) in [6, 6.07) is 8.41. The largest absolute Gasteiger partial charge is 0.451 e. The first-order valence-corrected chi connectivity index (χ1v) is 8.12. The molecule has 1 aromatic carbocycles. The van der Waals surface area contributed by atoms with Gasteiger partial charge in [0.05, 0.1) is 6.10 Å². The van der Waals surface area contributed by atoms with Crippen LogP contribution >= 0.6 is 0 Å². The van der Waals surface area contributed by atoms with Crippen LogP contribution in [0.15, 0.2) is 41.3 Å². The lowest BCUT2D eigenvalue weighted by molar-refractivity contribution is 0.0779. The van der Waals surface area contributed by atoms with Gasteiger partial charge in [0, 0.05) is 40.3 Å². The van der Waals surface area contributed by atoms with Crippen molar-refractivity contribution in [1.29, 1.82) is 0 Å². The highest BCUT2D eigenvalue weighted by Gasteiger charge is 2.21. The molecule has 1 atom stereocenters. The SMILES string of the molecule is COC1CCN(Cc2ccc(CN(C)C(=O)c3cocn3)cc2)C1. The first kappa shape index (κ1) is 16.7. The summed E-state index contributed by atoms with van der Waals surface area (Å²) in [5, 5.41) is 0. The Bertz CT molecular complexity index is 655. The fraction of sp³-hybridized carbons (Fsp3) is 0.444. The van der Waals surface area contributed by atoms with Gasteiger partial charge < -0.3 is 14.1 Å². The number of likely N-dealkylation sites (tertiary alicyclic amines) is 1. The molecule has 0 radical (unpaired) electrons. The number of benzene rings is 1. The highest BCUT2D eigenvalue weighted by Crippen LogP contribution is 2.16. The maximum Gasteiger partial charge on any atom is 0.275 e. The van der Waals surface area contributed by atoms with Crippen molar-refractivity contribution in [3.63, 3.8) is 0 Å². The molecule has 6 nitrogen and oxygen atoms in total. The molecule has 24 heavy (non-hydrogen) atoms. The van der Waals surface area contributed by atoms with E-state index in [4.69, 9.17) is 9.15 Å². The van der Waals surface area contributed by atoms with E-state index in [9.17, 15) is 4.79 Å². The number of carbonyl (C=O) groups excluding carboxylic acids is 1. The van der Waals surface area contributed by atoms with E-state index < -0.39 is 0 Å². The highest BCUT2D eigenvalue weighted by molar-refractivity contribution is 5.91. The van der Waals surface area contributed by atoms with E-state index in [-0.39, 0.29) is 5.91 Å². The van der Waals surface area contributed by atoms with Gasteiger partial charge in [0.2, 0.25) is 0 Å². The maximum absolute atomic E-state index is 12.2. The van der Waals surface area contributed by atoms with Crippen LogP contribution in [0.3, 0.4) is 0 Å². The van der Waals surface area contributed by atoms with E-state index >= 15 is 0 Å². The van der Waals surface area contributed by atoms with E-state index in [1.165, 1.54) is 18.2 Å². The molecule has 1 aliphatic heterocycles. The standard InChI is InChI=1S/C18H23N3O3/c1-20(18(22)17-12-24-13-19-17)9-14-3-5-15(6-4-14)10-21-8-7-16(11-21)23-2/h3-6,12-13,16H,7-11H2,1-2H3. The molecule has 0 bridgehead atoms. The van der Waals surface area contributed by atoms with Crippen molar-refractivity contribution in [1.82, 2.24) is 14.8 Å². The quantitative estimate of drug-likeness (QED) is 0.813. The fourth-order valence-electron chi connectivity index (χ4n) is 3.00. The molecule has 6 heteroatoms. The zero-order chi connectivity index (χ0) is 16.9. The molecule has 1 unspecified atom stereocenters. The van der Waals surface area contributed by atoms with Crippen molar-refractivity contribution in [2.75, 3.05) is 27.2 Å². The second-order valence-corrected chi connectivity index (χ2v) is 6.23. The number of hydrogen-bond donors (Lipinski definition) is 0. The summed E-state index contributed by atoms with van der Waals surface area (Å²) in [5.41, 5.74) is 2.70. The molecule has 0 aliphatic carbocycles. The van der Waals surface area contributed by atoms with Gasteiger partial charge in [0.25, 0.3) is 5.91 Å². The summed E-state index contributed by atoms with van der Waals surface area (Å²) in [4.78, 5) is 20.1. The Morgan fingerprint density at radius 1 is 1.38 bits per heavy atom. The second kappa shape index (κ2) is 7.59. The molecule has 0 spiro atoms. The number of ether oxygens (including phenoxy) is 1. The zero-order valence-corrected chi connectivity index (χ0v) is 14.1. The Kier molecular flexibility index (Phi) is 5.27. The molecule has 0 N–H and O–H groups in total. The van der Waals surface area contributed by atoms with Crippen LogP contribution in [0, 0.1) is 0 Å². The number of amides is 1. The molecule has 1 aliphatic rings. The van der Waals surface area contributed by atoms with Crippen LogP contribution in [0.5, 0.6) is 0 Å². The van der Waals surface area contributed by atoms with Gasteiger partial charge >= 0.3 is 0 Å². The van der Waals surface area contributed by atoms with Gasteiger partial charge in [0.1, 0.15) is 6.26 Å². The average molecular weight is 329 g/mol. The van der Waals surface area contributed by atoms with Crippen molar-refractivity contribution in [3.8, 4) is 0 Å². The Labute approximate surface area is 142 Å². The van der Waals surface area contributed by atoms with E-state index in [1.54, 1.807) is 19.1 Å². The van der Waals surface area contributed by atoms with E-state index in [1.807, 2.05) is 0 Å². The summed E-state index contributed by atoms with van der Waals surface area (Å²) in [6.45, 7) is 3.55. The first-order chi connectivity index (χ1) is 11.7. The van der Waals surface area contributed by atoms with E-state index in [0.29, 0.717) is 18.3 Å². The number of oxazole rings is 1. The number of carbonyl (C=O) groups is 1. The number of methoxy groups -OCH3 is 1. The lowest BCUT2D eigenvalue weighted by Crippen LogP contribution is -2.26. The number of rotatable bonds is 6. The molecular formula is C18H23N3O3. The highest BCUT2D eigenvalue weighted by atomic mass is 16.5. The minimum absolute atomic E-state index is 0.143. The van der Waals surface area contributed by atoms with Gasteiger partial charge in [0.15, 0.2) is 12.1 Å². The second-order valence-electron chi connectivity index (χ2n) is 6.23. The van der Waals surface area contributed by atoms with Gasteiger partial charge in [-0.25, -0.2) is 4.98 Å². The summed E-state index contributed by atoms with van der Waals surface area (Å²) in [6.07, 6.45) is 4.09. The molecule has 2 aromatic rings. The third-order valence-corrected chi connectivity index (χ3v) is 4.41. The molecule has 0 saturated carbocycles. The molecule has 128 valence electrons. The Hall–Kier alpha value is -2.18. The summed E-state index contributed by atoms with van der Waals surface area (Å²) >= 11 is 0. The molecule has 1 amide bonds. The van der Waals surface area contributed by atoms with Crippen molar-refractivity contribution >= 4 is 5.91 Å². The molecule has 1 aromatic heterocycles. The topological polar surface area (TPSA) is 58.8 Å². The minimum atomic E-state index is -0.143. The Morgan fingerprint density at radius 3 is 2.75 bits per heavy atom. The van der Waals surface area contributed by atoms with Crippen LogP contribution in [-0.4, -0.2) is 54.0 Å². The first-order valence-electron chi connectivity index (χ1n) is 8.12. The smallest absolute Gasteiger partial charge is 0.275 e. The predicted molar refractivity (Wildman–Crippen MR) is 89.4 cm³/mol. The fourth-order valence-corrected chi connectivity index (χ4v) is 3.00. The predicted octanol–water partition coefficient (Wildman–Crippen LogP) is 2.17. The summed E-state index contributed by atoms with van der Waals surface area (Å²) < 4.78 is 10.3. The Morgan fingerprint density at radius 2 is 2.12 bits per heavy atom. The lowest BCUT2D eigenvalue weighted by atomic mass is 10.1. The number of aromatic nitrogens is 1. The van der Waals surface area contributed by atoms with Crippen LogP contribution in [0.4, 0.5) is 0 Å². The van der Waals surface area contributed by atoms with Gasteiger partial charge in [-0.15, -0.1) is 0 Å². The van der Waals surface area contributed by atoms with Crippen LogP contribution in [0.2, 0.25) is 0 Å². The van der Waals surface area contributed by atoms with Crippen LogP contribution in [-0.2, 0) is 17.8 Å². The minimum Gasteiger partial charge on any atom is -0.451 e. The van der Waals surface area contributed by atoms with Crippen molar-refractivity contribution < 1.29 is 13.9 Å². The third kappa shape index (κ3) is 4.01. The zero-order valence-electron chi connectivity index (χ0n) is 14.1. The Balaban J connectivity index is 1.54. The van der Waals surface area contributed by atoms with Crippen molar-refractivity contribution in [3.05, 3.63) is 53.7 Å². The van der Waals surface area contributed by atoms with Crippen molar-refractivity contribution in [2.24, 2.45) is 0 Å². The average Bonchev–Trinajstić information content (AvgIpc) is 3.27. The number of nitrogens with zero attached hydrogens (tertiary/aromatic N) is 3. The third-order valence-electron chi connectivity index (χ3n) is 4.41. The van der Waals surface area contributed by atoms with E-state index in [0.717, 1.165) is 31.6 Å². The molecule has 1 fully saturated rings. The molecule has 2 heterocycles. The van der Waals surface area contributed by atoms with Crippen LogP contribution < -0.4 is 0 Å². The molecule has 3 rings (SSSR count). The van der Waals surface area contributed by atoms with Gasteiger partial charge in [-0.05, 0) is 17.5 Å². The van der Waals surface area contributed by atoms with Gasteiger partial charge in [-0.2, -0.15) is 0 Å². The van der Waals surface area contributed by atoms with Gasteiger partial charge in [-0.3, -0.25) is 9.69 Å². The lowest BCUT2D eigenvalue weighted by Gasteiger charge is -2.17. The van der Waals surface area contributed by atoms with Gasteiger partial charge in [-0.1, -0.05) is 24.3 Å². The van der Waals surface area contributed by atoms with Crippen LogP contribution in [0.1, 0.15) is 28.0 Å². The van der Waals surface area contributed by atoms with Crippen molar-refractivity contribution in [2.45, 2.75) is 25.6 Å². The molecule has 1 saturated heterocycles. The monoisotopic (exact) mass is 329 g/mol. The van der Waals surface area contributed by atoms with Crippen LogP contribution in [0.25, 0.3) is 0 Å².